The van der Waals surface area contributed by atoms with E-state index >= 15 is 0 Å². The molecule has 0 saturated carbocycles. The fourth-order valence-corrected chi connectivity index (χ4v) is 2.22. The molecule has 1 amide bonds. The number of carbonyl (C=O) groups excluding carboxylic acids is 1. The number of benzene rings is 2. The Morgan fingerprint density at radius 3 is 2.42 bits per heavy atom. The molecule has 0 aliphatic heterocycles. The largest absolute Gasteiger partial charge is 0.468 e. The van der Waals surface area contributed by atoms with Crippen molar-refractivity contribution < 1.29 is 14.3 Å². The first-order valence-electron chi connectivity index (χ1n) is 7.95. The molecule has 4 nitrogen and oxygen atoms in total. The number of amides is 1. The number of methoxy groups -OCH3 is 1. The summed E-state index contributed by atoms with van der Waals surface area (Å²) in [6, 6.07) is 17.5. The molecule has 0 N–H and O–H groups in total. The number of carbonyl (C=O) groups is 1. The van der Waals surface area contributed by atoms with E-state index in [-0.39, 0.29) is 12.7 Å². The van der Waals surface area contributed by atoms with Gasteiger partial charge >= 0.3 is 0 Å². The van der Waals surface area contributed by atoms with Crippen LogP contribution in [-0.2, 0) is 16.1 Å². The molecule has 0 fully saturated rings. The quantitative estimate of drug-likeness (QED) is 0.548. The zero-order valence-corrected chi connectivity index (χ0v) is 14.1. The molecule has 4 heteroatoms. The zero-order valence-electron chi connectivity index (χ0n) is 14.1. The van der Waals surface area contributed by atoms with Gasteiger partial charge in [-0.2, -0.15) is 0 Å². The highest BCUT2D eigenvalue weighted by atomic mass is 16.7. The summed E-state index contributed by atoms with van der Waals surface area (Å²) in [5.74, 6) is 0.737. The van der Waals surface area contributed by atoms with Crippen molar-refractivity contribution >= 4 is 12.0 Å². The third kappa shape index (κ3) is 5.56. The summed E-state index contributed by atoms with van der Waals surface area (Å²) in [5.41, 5.74) is 2.07. The van der Waals surface area contributed by atoms with Gasteiger partial charge in [-0.25, -0.2) is 0 Å². The zero-order chi connectivity index (χ0) is 17.2. The Kier molecular flexibility index (Phi) is 7.05. The van der Waals surface area contributed by atoms with E-state index in [0.29, 0.717) is 13.1 Å². The monoisotopic (exact) mass is 325 g/mol. The van der Waals surface area contributed by atoms with Gasteiger partial charge < -0.3 is 14.4 Å². The van der Waals surface area contributed by atoms with Crippen LogP contribution in [0.4, 0.5) is 0 Å². The predicted molar refractivity (Wildman–Crippen MR) is 95.5 cm³/mol. The van der Waals surface area contributed by atoms with E-state index in [0.717, 1.165) is 16.9 Å². The second kappa shape index (κ2) is 9.53. The van der Waals surface area contributed by atoms with Crippen molar-refractivity contribution in [1.29, 1.82) is 0 Å². The summed E-state index contributed by atoms with van der Waals surface area (Å²) in [7, 11) is 1.58. The number of ether oxygens (including phenoxy) is 2. The standard InChI is InChI=1S/C20H23NO3/c1-3-21(15-18-7-5-4-6-8-18)20(22)14-11-17-9-12-19(13-10-17)24-16-23-2/h4-14H,3,15-16H2,1-2H3/b14-11+. The van der Waals surface area contributed by atoms with Crippen LogP contribution in [0.15, 0.2) is 60.7 Å². The first-order chi connectivity index (χ1) is 11.7. The highest BCUT2D eigenvalue weighted by Crippen LogP contribution is 2.13. The van der Waals surface area contributed by atoms with Crippen molar-refractivity contribution in [2.75, 3.05) is 20.4 Å². The molecule has 0 atom stereocenters. The minimum absolute atomic E-state index is 0.000984. The lowest BCUT2D eigenvalue weighted by atomic mass is 10.2. The number of hydrogen-bond donors (Lipinski definition) is 0. The summed E-state index contributed by atoms with van der Waals surface area (Å²) < 4.78 is 10.2. The summed E-state index contributed by atoms with van der Waals surface area (Å²) in [6.45, 7) is 3.49. The van der Waals surface area contributed by atoms with E-state index in [2.05, 4.69) is 0 Å². The smallest absolute Gasteiger partial charge is 0.246 e. The molecule has 0 radical (unpaired) electrons. The maximum atomic E-state index is 12.4. The van der Waals surface area contributed by atoms with Crippen LogP contribution in [-0.4, -0.2) is 31.3 Å². The van der Waals surface area contributed by atoms with Gasteiger partial charge in [0.25, 0.3) is 0 Å². The minimum atomic E-state index is 0.000984. The highest BCUT2D eigenvalue weighted by Gasteiger charge is 2.08. The Morgan fingerprint density at radius 1 is 1.08 bits per heavy atom. The van der Waals surface area contributed by atoms with Crippen molar-refractivity contribution in [3.8, 4) is 5.75 Å². The van der Waals surface area contributed by atoms with Crippen LogP contribution in [0.2, 0.25) is 0 Å². The van der Waals surface area contributed by atoms with E-state index in [4.69, 9.17) is 9.47 Å². The van der Waals surface area contributed by atoms with E-state index < -0.39 is 0 Å². The topological polar surface area (TPSA) is 38.8 Å². The van der Waals surface area contributed by atoms with Crippen LogP contribution < -0.4 is 4.74 Å². The van der Waals surface area contributed by atoms with Gasteiger partial charge in [-0.3, -0.25) is 4.79 Å². The summed E-state index contributed by atoms with van der Waals surface area (Å²) in [4.78, 5) is 14.2. The van der Waals surface area contributed by atoms with E-state index in [1.165, 1.54) is 0 Å². The average Bonchev–Trinajstić information content (AvgIpc) is 2.64. The molecule has 0 saturated heterocycles. The van der Waals surface area contributed by atoms with Crippen molar-refractivity contribution in [2.45, 2.75) is 13.5 Å². The molecule has 0 bridgehead atoms. The third-order valence-electron chi connectivity index (χ3n) is 3.55. The Labute approximate surface area is 143 Å². The van der Waals surface area contributed by atoms with E-state index in [1.807, 2.05) is 72.5 Å². The lowest BCUT2D eigenvalue weighted by Crippen LogP contribution is -2.28. The Hall–Kier alpha value is -2.59. The van der Waals surface area contributed by atoms with Gasteiger partial charge in [0, 0.05) is 26.3 Å². The fraction of sp³-hybridized carbons (Fsp3) is 0.250. The van der Waals surface area contributed by atoms with Crippen LogP contribution in [0, 0.1) is 0 Å². The van der Waals surface area contributed by atoms with Gasteiger partial charge in [0.05, 0.1) is 0 Å². The lowest BCUT2D eigenvalue weighted by Gasteiger charge is -2.19. The second-order valence-electron chi connectivity index (χ2n) is 5.29. The summed E-state index contributed by atoms with van der Waals surface area (Å²) in [6.07, 6.45) is 3.42. The van der Waals surface area contributed by atoms with Crippen LogP contribution >= 0.6 is 0 Å². The lowest BCUT2D eigenvalue weighted by molar-refractivity contribution is -0.126. The summed E-state index contributed by atoms with van der Waals surface area (Å²) in [5, 5.41) is 0. The first kappa shape index (κ1) is 17.8. The Morgan fingerprint density at radius 2 is 1.79 bits per heavy atom. The molecule has 2 rings (SSSR count). The van der Waals surface area contributed by atoms with Gasteiger partial charge in [-0.15, -0.1) is 0 Å². The summed E-state index contributed by atoms with van der Waals surface area (Å²) >= 11 is 0. The number of hydrogen-bond acceptors (Lipinski definition) is 3. The molecule has 126 valence electrons. The maximum absolute atomic E-state index is 12.4. The number of rotatable bonds is 8. The van der Waals surface area contributed by atoms with Crippen LogP contribution in [0.25, 0.3) is 6.08 Å². The van der Waals surface area contributed by atoms with Gasteiger partial charge in [0.1, 0.15) is 5.75 Å². The van der Waals surface area contributed by atoms with E-state index in [9.17, 15) is 4.79 Å². The second-order valence-corrected chi connectivity index (χ2v) is 5.29. The van der Waals surface area contributed by atoms with Crippen LogP contribution in [0.5, 0.6) is 5.75 Å². The molecule has 0 spiro atoms. The molecule has 0 aliphatic rings. The predicted octanol–water partition coefficient (Wildman–Crippen LogP) is 3.73. The van der Waals surface area contributed by atoms with Gasteiger partial charge in [-0.1, -0.05) is 42.5 Å². The molecule has 0 aromatic heterocycles. The molecule has 2 aromatic rings. The van der Waals surface area contributed by atoms with Gasteiger partial charge in [0.2, 0.25) is 5.91 Å². The first-order valence-corrected chi connectivity index (χ1v) is 7.95. The van der Waals surface area contributed by atoms with E-state index in [1.54, 1.807) is 13.2 Å². The number of nitrogens with zero attached hydrogens (tertiary/aromatic N) is 1. The van der Waals surface area contributed by atoms with Crippen LogP contribution in [0.3, 0.4) is 0 Å². The van der Waals surface area contributed by atoms with Crippen molar-refractivity contribution in [1.82, 2.24) is 4.90 Å². The molecule has 0 unspecified atom stereocenters. The SMILES string of the molecule is CCN(Cc1ccccc1)C(=O)/C=C/c1ccc(OCOC)cc1. The highest BCUT2D eigenvalue weighted by molar-refractivity contribution is 5.91. The van der Waals surface area contributed by atoms with Gasteiger partial charge in [-0.05, 0) is 36.3 Å². The molecular weight excluding hydrogens is 302 g/mol. The average molecular weight is 325 g/mol. The van der Waals surface area contributed by atoms with Gasteiger partial charge in [0.15, 0.2) is 6.79 Å². The molecular formula is C20H23NO3. The minimum Gasteiger partial charge on any atom is -0.468 e. The fourth-order valence-electron chi connectivity index (χ4n) is 2.22. The maximum Gasteiger partial charge on any atom is 0.246 e. The third-order valence-corrected chi connectivity index (χ3v) is 3.55. The molecule has 0 heterocycles. The van der Waals surface area contributed by atoms with Crippen molar-refractivity contribution in [2.24, 2.45) is 0 Å². The van der Waals surface area contributed by atoms with Crippen molar-refractivity contribution in [3.63, 3.8) is 0 Å². The number of likely N-dealkylation sites (N-methyl/N-ethyl adjacent to an activating group) is 1. The van der Waals surface area contributed by atoms with Crippen LogP contribution in [0.1, 0.15) is 18.1 Å². The molecule has 24 heavy (non-hydrogen) atoms. The molecule has 2 aromatic carbocycles. The Balaban J connectivity index is 1.95. The van der Waals surface area contributed by atoms with Crippen molar-refractivity contribution in [3.05, 3.63) is 71.8 Å². The normalized spacial score (nSPS) is 10.8. The molecule has 0 aliphatic carbocycles. The Bertz CT molecular complexity index is 650.